The molecule has 0 bridgehead atoms. The van der Waals surface area contributed by atoms with Gasteiger partial charge in [0.25, 0.3) is 0 Å². The molecule has 2 aromatic carbocycles. The minimum atomic E-state index is -0.462. The first kappa shape index (κ1) is 13.9. The first-order valence-electron chi connectivity index (χ1n) is 6.27. The Bertz CT molecular complexity index is 609. The molecule has 4 nitrogen and oxygen atoms in total. The number of hydrogen-bond donors (Lipinski definition) is 1. The van der Waals surface area contributed by atoms with E-state index in [1.807, 2.05) is 43.3 Å². The van der Waals surface area contributed by atoms with Crippen LogP contribution in [0.2, 0.25) is 0 Å². The zero-order valence-electron chi connectivity index (χ0n) is 11.6. The molecule has 0 aromatic heterocycles. The molecule has 0 spiro atoms. The number of aryl methyl sites for hydroxylation is 1. The normalized spacial score (nSPS) is 10.1. The summed E-state index contributed by atoms with van der Waals surface area (Å²) in [5, 5.41) is 0. The van der Waals surface area contributed by atoms with Crippen LogP contribution >= 0.6 is 0 Å². The molecule has 0 heterocycles. The van der Waals surface area contributed by atoms with Gasteiger partial charge in [-0.15, -0.1) is 0 Å². The molecule has 0 aliphatic carbocycles. The Hall–Kier alpha value is -2.49. The summed E-state index contributed by atoms with van der Waals surface area (Å²) in [5.74, 6) is 0.136. The highest BCUT2D eigenvalue weighted by atomic mass is 16.5. The van der Waals surface area contributed by atoms with Gasteiger partial charge in [-0.1, -0.05) is 30.3 Å². The van der Waals surface area contributed by atoms with Gasteiger partial charge in [0.05, 0.1) is 12.7 Å². The number of carbonyl (C=O) groups is 1. The molecule has 2 rings (SSSR count). The van der Waals surface area contributed by atoms with E-state index in [9.17, 15) is 4.79 Å². The summed E-state index contributed by atoms with van der Waals surface area (Å²) < 4.78 is 10.4. The zero-order valence-corrected chi connectivity index (χ0v) is 11.6. The summed E-state index contributed by atoms with van der Waals surface area (Å²) in [6, 6.07) is 13.2. The van der Waals surface area contributed by atoms with Crippen LogP contribution in [0.25, 0.3) is 0 Å². The molecule has 4 heteroatoms. The molecule has 0 fully saturated rings. The standard InChI is InChI=1S/C16H17NO3/c1-11-8-13(9-14(15(11)17)16(18)19-2)20-10-12-6-4-3-5-7-12/h3-9H,10,17H2,1-2H3. The van der Waals surface area contributed by atoms with Crippen molar-refractivity contribution in [3.05, 3.63) is 59.2 Å². The third kappa shape index (κ3) is 3.09. The summed E-state index contributed by atoms with van der Waals surface area (Å²) in [7, 11) is 1.33. The molecule has 0 amide bonds. The quantitative estimate of drug-likeness (QED) is 0.686. The average Bonchev–Trinajstić information content (AvgIpc) is 2.48. The Labute approximate surface area is 118 Å². The third-order valence-corrected chi connectivity index (χ3v) is 3.01. The fourth-order valence-corrected chi connectivity index (χ4v) is 1.87. The van der Waals surface area contributed by atoms with E-state index >= 15 is 0 Å². The average molecular weight is 271 g/mol. The largest absolute Gasteiger partial charge is 0.489 e. The van der Waals surface area contributed by atoms with Gasteiger partial charge in [0.2, 0.25) is 0 Å². The Morgan fingerprint density at radius 1 is 1.20 bits per heavy atom. The van der Waals surface area contributed by atoms with Gasteiger partial charge >= 0.3 is 5.97 Å². The lowest BCUT2D eigenvalue weighted by atomic mass is 10.1. The van der Waals surface area contributed by atoms with E-state index in [1.165, 1.54) is 7.11 Å². The summed E-state index contributed by atoms with van der Waals surface area (Å²) in [4.78, 5) is 11.7. The molecule has 0 saturated carbocycles. The number of anilines is 1. The fourth-order valence-electron chi connectivity index (χ4n) is 1.87. The van der Waals surface area contributed by atoms with Crippen molar-refractivity contribution in [3.63, 3.8) is 0 Å². The summed E-state index contributed by atoms with van der Waals surface area (Å²) in [6.45, 7) is 2.27. The maximum Gasteiger partial charge on any atom is 0.340 e. The zero-order chi connectivity index (χ0) is 14.5. The van der Waals surface area contributed by atoms with Gasteiger partial charge in [-0.05, 0) is 30.2 Å². The second-order valence-corrected chi connectivity index (χ2v) is 4.47. The van der Waals surface area contributed by atoms with Gasteiger partial charge in [-0.25, -0.2) is 4.79 Å². The molecule has 0 saturated heterocycles. The number of esters is 1. The number of rotatable bonds is 4. The minimum absolute atomic E-state index is 0.329. The number of nitrogens with two attached hydrogens (primary N) is 1. The SMILES string of the molecule is COC(=O)c1cc(OCc2ccccc2)cc(C)c1N. The van der Waals surface area contributed by atoms with Crippen LogP contribution < -0.4 is 10.5 Å². The van der Waals surface area contributed by atoms with Crippen molar-refractivity contribution in [1.82, 2.24) is 0 Å². The van der Waals surface area contributed by atoms with Crippen molar-refractivity contribution in [2.75, 3.05) is 12.8 Å². The molecule has 20 heavy (non-hydrogen) atoms. The van der Waals surface area contributed by atoms with Crippen molar-refractivity contribution >= 4 is 11.7 Å². The molecule has 0 aliphatic rings. The van der Waals surface area contributed by atoms with Gasteiger partial charge in [0.1, 0.15) is 12.4 Å². The Morgan fingerprint density at radius 3 is 2.55 bits per heavy atom. The van der Waals surface area contributed by atoms with Crippen LogP contribution in [0.5, 0.6) is 5.75 Å². The van der Waals surface area contributed by atoms with Crippen LogP contribution in [0.15, 0.2) is 42.5 Å². The maximum atomic E-state index is 11.7. The predicted molar refractivity (Wildman–Crippen MR) is 77.7 cm³/mol. The van der Waals surface area contributed by atoms with E-state index in [2.05, 4.69) is 0 Å². The first-order valence-corrected chi connectivity index (χ1v) is 6.27. The number of nitrogen functional groups attached to an aromatic ring is 1. The number of methoxy groups -OCH3 is 1. The van der Waals surface area contributed by atoms with Crippen LogP contribution in [0.3, 0.4) is 0 Å². The highest BCUT2D eigenvalue weighted by Gasteiger charge is 2.14. The minimum Gasteiger partial charge on any atom is -0.489 e. The van der Waals surface area contributed by atoms with E-state index in [1.54, 1.807) is 6.07 Å². The molecular weight excluding hydrogens is 254 g/mol. The Morgan fingerprint density at radius 2 is 1.90 bits per heavy atom. The lowest BCUT2D eigenvalue weighted by Gasteiger charge is -2.12. The van der Waals surface area contributed by atoms with Gasteiger partial charge in [-0.2, -0.15) is 0 Å². The van der Waals surface area contributed by atoms with E-state index in [0.717, 1.165) is 11.1 Å². The van der Waals surface area contributed by atoms with Crippen LogP contribution in [-0.4, -0.2) is 13.1 Å². The molecule has 0 unspecified atom stereocenters. The first-order chi connectivity index (χ1) is 9.61. The maximum absolute atomic E-state index is 11.7. The molecule has 0 atom stereocenters. The molecule has 104 valence electrons. The van der Waals surface area contributed by atoms with E-state index in [-0.39, 0.29) is 0 Å². The summed E-state index contributed by atoms with van der Waals surface area (Å²) in [6.07, 6.45) is 0. The fraction of sp³-hybridized carbons (Fsp3) is 0.188. The Kier molecular flexibility index (Phi) is 4.25. The summed E-state index contributed by atoms with van der Waals surface area (Å²) in [5.41, 5.74) is 8.47. The van der Waals surface area contributed by atoms with Gasteiger partial charge < -0.3 is 15.2 Å². The van der Waals surface area contributed by atoms with Crippen LogP contribution in [-0.2, 0) is 11.3 Å². The van der Waals surface area contributed by atoms with Crippen molar-refractivity contribution in [3.8, 4) is 5.75 Å². The molecular formula is C16H17NO3. The van der Waals surface area contributed by atoms with Crippen molar-refractivity contribution in [1.29, 1.82) is 0 Å². The molecule has 2 N–H and O–H groups in total. The van der Waals surface area contributed by atoms with E-state index < -0.39 is 5.97 Å². The predicted octanol–water partition coefficient (Wildman–Crippen LogP) is 2.94. The lowest BCUT2D eigenvalue weighted by molar-refractivity contribution is 0.0601. The number of ether oxygens (including phenoxy) is 2. The second kappa shape index (κ2) is 6.10. The number of hydrogen-bond acceptors (Lipinski definition) is 4. The summed E-state index contributed by atoms with van der Waals surface area (Å²) >= 11 is 0. The van der Waals surface area contributed by atoms with Crippen molar-refractivity contribution < 1.29 is 14.3 Å². The lowest BCUT2D eigenvalue weighted by Crippen LogP contribution is -2.08. The monoisotopic (exact) mass is 271 g/mol. The molecule has 2 aromatic rings. The highest BCUT2D eigenvalue weighted by molar-refractivity contribution is 5.96. The highest BCUT2D eigenvalue weighted by Crippen LogP contribution is 2.25. The third-order valence-electron chi connectivity index (χ3n) is 3.01. The second-order valence-electron chi connectivity index (χ2n) is 4.47. The van der Waals surface area contributed by atoms with Crippen molar-refractivity contribution in [2.45, 2.75) is 13.5 Å². The molecule has 0 aliphatic heterocycles. The van der Waals surface area contributed by atoms with Gasteiger partial charge in [-0.3, -0.25) is 0 Å². The number of benzene rings is 2. The van der Waals surface area contributed by atoms with E-state index in [0.29, 0.717) is 23.6 Å². The van der Waals surface area contributed by atoms with Crippen LogP contribution in [0.4, 0.5) is 5.69 Å². The van der Waals surface area contributed by atoms with E-state index in [4.69, 9.17) is 15.2 Å². The Balaban J connectivity index is 2.20. The van der Waals surface area contributed by atoms with Crippen molar-refractivity contribution in [2.24, 2.45) is 0 Å². The topological polar surface area (TPSA) is 61.5 Å². The van der Waals surface area contributed by atoms with Crippen LogP contribution in [0.1, 0.15) is 21.5 Å². The van der Waals surface area contributed by atoms with Gasteiger partial charge in [0.15, 0.2) is 0 Å². The molecule has 0 radical (unpaired) electrons. The number of carbonyl (C=O) groups excluding carboxylic acids is 1. The smallest absolute Gasteiger partial charge is 0.340 e. The van der Waals surface area contributed by atoms with Crippen LogP contribution in [0, 0.1) is 6.92 Å². The van der Waals surface area contributed by atoms with Gasteiger partial charge in [0, 0.05) is 5.69 Å².